The number of carbonyl (C=O) groups excluding carboxylic acids is 2. The third-order valence-corrected chi connectivity index (χ3v) is 8.76. The van der Waals surface area contributed by atoms with Gasteiger partial charge in [-0.2, -0.15) is 0 Å². The zero-order chi connectivity index (χ0) is 28.8. The van der Waals surface area contributed by atoms with Crippen LogP contribution in [0, 0.1) is 0 Å². The van der Waals surface area contributed by atoms with Crippen LogP contribution in [0.3, 0.4) is 0 Å². The maximum absolute atomic E-state index is 12.3. The molecule has 0 fully saturated rings. The molecule has 0 aromatic heterocycles. The second-order valence-electron chi connectivity index (χ2n) is 11.5. The molecule has 0 saturated heterocycles. The summed E-state index contributed by atoms with van der Waals surface area (Å²) in [6.07, 6.45) is 31.3. The average Bonchev–Trinajstić information content (AvgIpc) is 2.93. The van der Waals surface area contributed by atoms with Crippen molar-refractivity contribution < 1.29 is 19.1 Å². The minimum atomic E-state index is -0.350. The van der Waals surface area contributed by atoms with Crippen LogP contribution in [-0.2, 0) is 19.1 Å². The molecule has 232 valence electrons. The fourth-order valence-corrected chi connectivity index (χ4v) is 5.85. The monoisotopic (exact) mass is 570 g/mol. The molecule has 0 spiro atoms. The molecule has 0 rings (SSSR count). The van der Waals surface area contributed by atoms with Crippen molar-refractivity contribution in [2.24, 2.45) is 0 Å². The smallest absolute Gasteiger partial charge is 0.318 e. The van der Waals surface area contributed by atoms with E-state index in [4.69, 9.17) is 9.47 Å². The van der Waals surface area contributed by atoms with E-state index in [1.54, 1.807) is 0 Å². The normalized spacial score (nSPS) is 12.8. The van der Waals surface area contributed by atoms with Crippen LogP contribution in [0.4, 0.5) is 0 Å². The Bertz CT molecular complexity index is 539. The number of hydrogen-bond acceptors (Lipinski definition) is 5. The van der Waals surface area contributed by atoms with E-state index in [2.05, 4.69) is 13.8 Å². The maximum Gasteiger partial charge on any atom is 0.318 e. The maximum atomic E-state index is 12.3. The van der Waals surface area contributed by atoms with Crippen molar-refractivity contribution in [3.8, 4) is 0 Å². The summed E-state index contributed by atoms with van der Waals surface area (Å²) in [7, 11) is 0. The third-order valence-electron chi connectivity index (χ3n) is 7.56. The van der Waals surface area contributed by atoms with Crippen LogP contribution in [0.1, 0.15) is 182 Å². The molecule has 0 N–H and O–H groups in total. The molecule has 0 radical (unpaired) electrons. The van der Waals surface area contributed by atoms with Gasteiger partial charge in [-0.15, -0.1) is 11.8 Å². The molecule has 0 aromatic carbocycles. The van der Waals surface area contributed by atoms with E-state index >= 15 is 0 Å². The van der Waals surface area contributed by atoms with Crippen molar-refractivity contribution >= 4 is 23.7 Å². The van der Waals surface area contributed by atoms with Crippen molar-refractivity contribution in [1.29, 1.82) is 0 Å². The lowest BCUT2D eigenvalue weighted by molar-refractivity contribution is -0.142. The lowest BCUT2D eigenvalue weighted by atomic mass is 10.0. The first-order valence-electron chi connectivity index (χ1n) is 17.0. The SMILES string of the molecule is CCCCCCCCCCCCCCCCCCCCOC(=O)C(C)SC(C)C(=O)OCCCCCCCC. The molecule has 0 aliphatic heterocycles. The zero-order valence-electron chi connectivity index (χ0n) is 26.6. The molecular formula is C34H66O4S. The highest BCUT2D eigenvalue weighted by Crippen LogP contribution is 2.20. The molecule has 2 unspecified atom stereocenters. The first-order chi connectivity index (χ1) is 19.0. The van der Waals surface area contributed by atoms with E-state index in [9.17, 15) is 9.59 Å². The van der Waals surface area contributed by atoms with Gasteiger partial charge in [0.1, 0.15) is 10.5 Å². The van der Waals surface area contributed by atoms with Gasteiger partial charge in [-0.3, -0.25) is 9.59 Å². The molecule has 5 heteroatoms. The van der Waals surface area contributed by atoms with Crippen LogP contribution in [0.25, 0.3) is 0 Å². The molecule has 2 atom stereocenters. The molecule has 0 aliphatic rings. The Balaban J connectivity index is 3.47. The van der Waals surface area contributed by atoms with Crippen LogP contribution in [0.15, 0.2) is 0 Å². The quantitative estimate of drug-likeness (QED) is 0.0635. The summed E-state index contributed by atoms with van der Waals surface area (Å²) < 4.78 is 10.8. The Morgan fingerprint density at radius 3 is 0.923 bits per heavy atom. The minimum Gasteiger partial charge on any atom is -0.465 e. The van der Waals surface area contributed by atoms with E-state index in [0.29, 0.717) is 13.2 Å². The first kappa shape index (κ1) is 38.3. The largest absolute Gasteiger partial charge is 0.465 e. The van der Waals surface area contributed by atoms with Crippen molar-refractivity contribution in [1.82, 2.24) is 0 Å². The topological polar surface area (TPSA) is 52.6 Å². The van der Waals surface area contributed by atoms with Crippen LogP contribution in [0.2, 0.25) is 0 Å². The van der Waals surface area contributed by atoms with E-state index in [-0.39, 0.29) is 22.4 Å². The van der Waals surface area contributed by atoms with E-state index in [1.807, 2.05) is 13.8 Å². The molecule has 39 heavy (non-hydrogen) atoms. The fraction of sp³-hybridized carbons (Fsp3) is 0.941. The van der Waals surface area contributed by atoms with Gasteiger partial charge < -0.3 is 9.47 Å². The Kier molecular flexibility index (Phi) is 29.7. The van der Waals surface area contributed by atoms with Crippen molar-refractivity contribution in [3.63, 3.8) is 0 Å². The second kappa shape index (κ2) is 30.3. The standard InChI is InChI=1S/C34H66O4S/c1-5-7-9-11-13-14-15-16-17-18-19-20-21-22-23-24-26-28-30-38-34(36)32(4)39-31(3)33(35)37-29-27-25-12-10-8-6-2/h31-32H,5-30H2,1-4H3. The fourth-order valence-electron chi connectivity index (χ4n) is 4.88. The van der Waals surface area contributed by atoms with Gasteiger partial charge in [-0.1, -0.05) is 155 Å². The summed E-state index contributed by atoms with van der Waals surface area (Å²) in [4.78, 5) is 24.5. The predicted octanol–water partition coefficient (Wildman–Crippen LogP) is 11.0. The summed E-state index contributed by atoms with van der Waals surface area (Å²) in [6.45, 7) is 9.09. The molecule has 0 aliphatic carbocycles. The van der Waals surface area contributed by atoms with Gasteiger partial charge in [0.05, 0.1) is 13.2 Å². The molecule has 0 saturated carbocycles. The van der Waals surface area contributed by atoms with Gasteiger partial charge in [0.2, 0.25) is 0 Å². The molecule has 0 heterocycles. The van der Waals surface area contributed by atoms with E-state index in [1.165, 1.54) is 140 Å². The summed E-state index contributed by atoms with van der Waals surface area (Å²) in [5.41, 5.74) is 0. The van der Waals surface area contributed by atoms with E-state index < -0.39 is 0 Å². The third kappa shape index (κ3) is 27.2. The Hall–Kier alpha value is -0.710. The average molecular weight is 571 g/mol. The van der Waals surface area contributed by atoms with Gasteiger partial charge in [0.15, 0.2) is 0 Å². The van der Waals surface area contributed by atoms with Gasteiger partial charge in [0.25, 0.3) is 0 Å². The molecule has 0 amide bonds. The number of carbonyl (C=O) groups is 2. The predicted molar refractivity (Wildman–Crippen MR) is 171 cm³/mol. The number of ether oxygens (including phenoxy) is 2. The molecule has 0 aromatic rings. The molecule has 0 bridgehead atoms. The second-order valence-corrected chi connectivity index (χ2v) is 13.2. The number of rotatable bonds is 30. The highest BCUT2D eigenvalue weighted by atomic mass is 32.2. The van der Waals surface area contributed by atoms with Crippen LogP contribution in [0.5, 0.6) is 0 Å². The summed E-state index contributed by atoms with van der Waals surface area (Å²) in [6, 6.07) is 0. The number of hydrogen-bond donors (Lipinski definition) is 0. The summed E-state index contributed by atoms with van der Waals surface area (Å²) in [5.74, 6) is -0.445. The summed E-state index contributed by atoms with van der Waals surface area (Å²) in [5, 5.41) is -0.699. The van der Waals surface area contributed by atoms with Crippen LogP contribution < -0.4 is 0 Å². The van der Waals surface area contributed by atoms with Gasteiger partial charge in [0, 0.05) is 0 Å². The van der Waals surface area contributed by atoms with Gasteiger partial charge >= 0.3 is 11.9 Å². The Morgan fingerprint density at radius 2 is 0.667 bits per heavy atom. The minimum absolute atomic E-state index is 0.220. The van der Waals surface area contributed by atoms with Crippen molar-refractivity contribution in [2.75, 3.05) is 13.2 Å². The Labute approximate surface area is 247 Å². The van der Waals surface area contributed by atoms with Gasteiger partial charge in [-0.05, 0) is 26.7 Å². The van der Waals surface area contributed by atoms with Gasteiger partial charge in [-0.25, -0.2) is 0 Å². The molecule has 4 nitrogen and oxygen atoms in total. The number of esters is 2. The van der Waals surface area contributed by atoms with Crippen LogP contribution >= 0.6 is 11.8 Å². The van der Waals surface area contributed by atoms with Crippen LogP contribution in [-0.4, -0.2) is 35.7 Å². The van der Waals surface area contributed by atoms with Crippen molar-refractivity contribution in [2.45, 2.75) is 192 Å². The first-order valence-corrected chi connectivity index (χ1v) is 18.0. The lowest BCUT2D eigenvalue weighted by Crippen LogP contribution is -2.25. The lowest BCUT2D eigenvalue weighted by Gasteiger charge is -2.16. The Morgan fingerprint density at radius 1 is 0.436 bits per heavy atom. The number of unbranched alkanes of at least 4 members (excludes halogenated alkanes) is 22. The van der Waals surface area contributed by atoms with E-state index in [0.717, 1.165) is 25.7 Å². The summed E-state index contributed by atoms with van der Waals surface area (Å²) >= 11 is 1.33. The van der Waals surface area contributed by atoms with Crippen molar-refractivity contribution in [3.05, 3.63) is 0 Å². The highest BCUT2D eigenvalue weighted by Gasteiger charge is 2.23. The highest BCUT2D eigenvalue weighted by molar-refractivity contribution is 8.01. The number of thioether (sulfide) groups is 1. The zero-order valence-corrected chi connectivity index (χ0v) is 27.4. The molecular weight excluding hydrogens is 504 g/mol.